The molecule has 1 N–H and O–H groups in total. The van der Waals surface area contributed by atoms with Crippen molar-refractivity contribution < 1.29 is 47.8 Å². The van der Waals surface area contributed by atoms with Crippen LogP contribution in [0.25, 0.3) is 22.3 Å². The van der Waals surface area contributed by atoms with Crippen LogP contribution in [0.3, 0.4) is 0 Å². The zero-order valence-corrected chi connectivity index (χ0v) is 18.5. The molecule has 0 radical (unpaired) electrons. The molecule has 8 nitrogen and oxygen atoms in total. The molecule has 0 aliphatic heterocycles. The Morgan fingerprint density at radius 2 is 1.70 bits per heavy atom. The van der Waals surface area contributed by atoms with Crippen molar-refractivity contribution >= 4 is 36.8 Å². The van der Waals surface area contributed by atoms with Gasteiger partial charge in [-0.2, -0.15) is 21.6 Å². The van der Waals surface area contributed by atoms with Crippen molar-refractivity contribution in [3.63, 3.8) is 0 Å². The number of carbonyl (C=O) groups is 1. The highest BCUT2D eigenvalue weighted by Gasteiger charge is 2.49. The van der Waals surface area contributed by atoms with Gasteiger partial charge in [0.1, 0.15) is 22.9 Å². The molecule has 0 saturated carbocycles. The van der Waals surface area contributed by atoms with Gasteiger partial charge in [0, 0.05) is 29.8 Å². The lowest BCUT2D eigenvalue weighted by Gasteiger charge is -2.13. The maximum Gasteiger partial charge on any atom is 0.534 e. The molecule has 0 bridgehead atoms. The second kappa shape index (κ2) is 8.33. The van der Waals surface area contributed by atoms with Gasteiger partial charge >= 0.3 is 15.6 Å². The standard InChI is InChI=1S/C19H15F4NO7S2/c1-24-18(25)16-13-8-14(31-33(28,29)19(21,22)23)11(9-32(2,26)27)7-15(13)30-17(16)10-3-5-12(20)6-4-10/h3-8H,9H2,1-2H3,(H,24,25). The summed E-state index contributed by atoms with van der Waals surface area (Å²) in [7, 11) is -8.75. The zero-order chi connectivity index (χ0) is 24.8. The molecular weight excluding hydrogens is 494 g/mol. The number of rotatable bonds is 6. The summed E-state index contributed by atoms with van der Waals surface area (Å²) in [4.78, 5) is 12.5. The Kier molecular flexibility index (Phi) is 6.19. The Bertz CT molecular complexity index is 1440. The fourth-order valence-electron chi connectivity index (χ4n) is 2.96. The normalized spacial score (nSPS) is 12.7. The molecule has 0 spiro atoms. The molecule has 178 valence electrons. The van der Waals surface area contributed by atoms with Gasteiger partial charge in [-0.05, 0) is 36.4 Å². The number of amides is 1. The number of benzene rings is 2. The van der Waals surface area contributed by atoms with E-state index in [0.29, 0.717) is 0 Å². The summed E-state index contributed by atoms with van der Waals surface area (Å²) in [5, 5.41) is 2.16. The molecule has 3 aromatic rings. The zero-order valence-electron chi connectivity index (χ0n) is 16.9. The van der Waals surface area contributed by atoms with Crippen LogP contribution in [0.1, 0.15) is 15.9 Å². The predicted octanol–water partition coefficient (Wildman–Crippen LogP) is 3.37. The van der Waals surface area contributed by atoms with Crippen LogP contribution in [-0.4, -0.2) is 41.6 Å². The number of alkyl halides is 3. The van der Waals surface area contributed by atoms with Gasteiger partial charge in [0.2, 0.25) is 0 Å². The van der Waals surface area contributed by atoms with E-state index >= 15 is 0 Å². The molecule has 1 aromatic heterocycles. The van der Waals surface area contributed by atoms with Crippen LogP contribution in [0.2, 0.25) is 0 Å². The van der Waals surface area contributed by atoms with E-state index in [4.69, 9.17) is 4.42 Å². The van der Waals surface area contributed by atoms with E-state index in [1.54, 1.807) is 0 Å². The minimum absolute atomic E-state index is 0.106. The molecule has 1 heterocycles. The fourth-order valence-corrected chi connectivity index (χ4v) is 4.23. The Balaban J connectivity index is 2.34. The summed E-state index contributed by atoms with van der Waals surface area (Å²) >= 11 is 0. The Morgan fingerprint density at radius 3 is 2.21 bits per heavy atom. The SMILES string of the molecule is CNC(=O)c1c(-c2ccc(F)cc2)oc2cc(CS(C)(=O)=O)c(OS(=O)(=O)C(F)(F)F)cc12. The van der Waals surface area contributed by atoms with Gasteiger partial charge in [-0.1, -0.05) is 0 Å². The van der Waals surface area contributed by atoms with Crippen LogP contribution < -0.4 is 9.50 Å². The lowest BCUT2D eigenvalue weighted by atomic mass is 10.0. The van der Waals surface area contributed by atoms with E-state index in [1.165, 1.54) is 19.2 Å². The highest BCUT2D eigenvalue weighted by Crippen LogP contribution is 2.39. The first-order chi connectivity index (χ1) is 15.1. The molecule has 0 saturated heterocycles. The summed E-state index contributed by atoms with van der Waals surface area (Å²) in [6.45, 7) is 0. The van der Waals surface area contributed by atoms with E-state index in [-0.39, 0.29) is 27.9 Å². The Morgan fingerprint density at radius 1 is 1.09 bits per heavy atom. The van der Waals surface area contributed by atoms with E-state index in [1.807, 2.05) is 0 Å². The summed E-state index contributed by atoms with van der Waals surface area (Å²) in [5.74, 6) is -3.27. The summed E-state index contributed by atoms with van der Waals surface area (Å²) in [6, 6.07) is 6.47. The number of halogens is 4. The molecule has 1 amide bonds. The van der Waals surface area contributed by atoms with E-state index < -0.39 is 54.3 Å². The molecule has 0 aliphatic carbocycles. The highest BCUT2D eigenvalue weighted by atomic mass is 32.2. The van der Waals surface area contributed by atoms with Gasteiger partial charge in [-0.3, -0.25) is 4.79 Å². The summed E-state index contributed by atoms with van der Waals surface area (Å²) < 4.78 is 109. The molecule has 2 aromatic carbocycles. The third-order valence-corrected chi connectivity index (χ3v) is 6.13. The second-order valence-electron chi connectivity index (χ2n) is 6.90. The number of hydrogen-bond acceptors (Lipinski definition) is 7. The average molecular weight is 509 g/mol. The van der Waals surface area contributed by atoms with Crippen molar-refractivity contribution in [3.05, 3.63) is 53.3 Å². The van der Waals surface area contributed by atoms with Gasteiger partial charge in [0.05, 0.1) is 11.3 Å². The van der Waals surface area contributed by atoms with E-state index in [2.05, 4.69) is 9.50 Å². The molecule has 0 fully saturated rings. The van der Waals surface area contributed by atoms with Gasteiger partial charge in [0.25, 0.3) is 5.91 Å². The van der Waals surface area contributed by atoms with Crippen molar-refractivity contribution in [2.75, 3.05) is 13.3 Å². The average Bonchev–Trinajstić information content (AvgIpc) is 3.04. The summed E-state index contributed by atoms with van der Waals surface area (Å²) in [5.41, 5.74) is -6.35. The van der Waals surface area contributed by atoms with Gasteiger partial charge in [-0.15, -0.1) is 0 Å². The first kappa shape index (κ1) is 24.5. The number of carbonyl (C=O) groups excluding carboxylic acids is 1. The lowest BCUT2D eigenvalue weighted by molar-refractivity contribution is -0.0500. The topological polar surface area (TPSA) is 120 Å². The third-order valence-electron chi connectivity index (χ3n) is 4.33. The summed E-state index contributed by atoms with van der Waals surface area (Å²) in [6.07, 6.45) is 0.779. The largest absolute Gasteiger partial charge is 0.534 e. The van der Waals surface area contributed by atoms with Gasteiger partial charge in [0.15, 0.2) is 9.84 Å². The fraction of sp³-hybridized carbons (Fsp3) is 0.211. The molecule has 0 aliphatic rings. The van der Waals surface area contributed by atoms with E-state index in [0.717, 1.165) is 30.5 Å². The third kappa shape index (κ3) is 5.11. The van der Waals surface area contributed by atoms with Crippen molar-refractivity contribution in [2.45, 2.75) is 11.3 Å². The van der Waals surface area contributed by atoms with Crippen molar-refractivity contribution in [3.8, 4) is 17.1 Å². The number of fused-ring (bicyclic) bond motifs is 1. The van der Waals surface area contributed by atoms with Crippen LogP contribution in [0.15, 0.2) is 40.8 Å². The molecule has 33 heavy (non-hydrogen) atoms. The van der Waals surface area contributed by atoms with Crippen LogP contribution in [0.4, 0.5) is 17.6 Å². The minimum atomic E-state index is -6.15. The molecular formula is C19H15F4NO7S2. The van der Waals surface area contributed by atoms with Crippen molar-refractivity contribution in [2.24, 2.45) is 0 Å². The van der Waals surface area contributed by atoms with Gasteiger partial charge < -0.3 is 13.9 Å². The maximum atomic E-state index is 13.3. The van der Waals surface area contributed by atoms with Crippen molar-refractivity contribution in [1.29, 1.82) is 0 Å². The second-order valence-corrected chi connectivity index (χ2v) is 10.6. The number of nitrogens with one attached hydrogen (secondary N) is 1. The molecule has 14 heteroatoms. The van der Waals surface area contributed by atoms with Crippen LogP contribution in [-0.2, 0) is 25.7 Å². The highest BCUT2D eigenvalue weighted by molar-refractivity contribution is 7.90. The van der Waals surface area contributed by atoms with E-state index in [9.17, 15) is 39.2 Å². The smallest absolute Gasteiger partial charge is 0.455 e. The number of sulfone groups is 1. The quantitative estimate of drug-likeness (QED) is 0.307. The number of hydrogen-bond donors (Lipinski definition) is 1. The molecule has 0 unspecified atom stereocenters. The Labute approximate surface area is 185 Å². The monoisotopic (exact) mass is 509 g/mol. The molecule has 3 rings (SSSR count). The first-order valence-electron chi connectivity index (χ1n) is 8.89. The predicted molar refractivity (Wildman–Crippen MR) is 109 cm³/mol. The first-order valence-corrected chi connectivity index (χ1v) is 12.4. The van der Waals surface area contributed by atoms with Crippen LogP contribution in [0, 0.1) is 5.82 Å². The van der Waals surface area contributed by atoms with Crippen molar-refractivity contribution in [1.82, 2.24) is 5.32 Å². The Hall–Kier alpha value is -3.13. The lowest BCUT2D eigenvalue weighted by Crippen LogP contribution is -2.28. The maximum absolute atomic E-state index is 13.3. The minimum Gasteiger partial charge on any atom is -0.455 e. The molecule has 0 atom stereocenters. The van der Waals surface area contributed by atoms with Gasteiger partial charge in [-0.25, -0.2) is 12.8 Å². The van der Waals surface area contributed by atoms with Crippen LogP contribution in [0.5, 0.6) is 5.75 Å². The van der Waals surface area contributed by atoms with Crippen LogP contribution >= 0.6 is 0 Å². The number of furan rings is 1.